The lowest BCUT2D eigenvalue weighted by Gasteiger charge is -2.29. The van der Waals surface area contributed by atoms with Crippen molar-refractivity contribution in [3.63, 3.8) is 0 Å². The number of hydrogen-bond acceptors (Lipinski definition) is 5. The molecule has 0 aromatic heterocycles. The lowest BCUT2D eigenvalue weighted by Crippen LogP contribution is -2.42. The molecule has 0 saturated heterocycles. The summed E-state index contributed by atoms with van der Waals surface area (Å²) < 4.78 is 35.4. The number of quaternary nitrogens is 1. The van der Waals surface area contributed by atoms with Crippen LogP contribution in [0.2, 0.25) is 0 Å². The van der Waals surface area contributed by atoms with Crippen molar-refractivity contribution < 1.29 is 32.5 Å². The fourth-order valence-corrected chi connectivity index (χ4v) is 2.06. The van der Waals surface area contributed by atoms with Crippen LogP contribution in [0.3, 0.4) is 0 Å². The van der Waals surface area contributed by atoms with Gasteiger partial charge in [-0.15, -0.1) is 0 Å². The fraction of sp³-hybridized carbons (Fsp3) is 0.750. The van der Waals surface area contributed by atoms with E-state index in [-0.39, 0.29) is 11.2 Å². The largest absolute Gasteiger partial charge is 0.870 e. The van der Waals surface area contributed by atoms with Crippen molar-refractivity contribution in [3.8, 4) is 0 Å². The molecule has 0 bridgehead atoms. The smallest absolute Gasteiger partial charge is 0.333 e. The summed E-state index contributed by atoms with van der Waals surface area (Å²) in [5.41, 5.74) is 0.377. The van der Waals surface area contributed by atoms with Gasteiger partial charge in [-0.3, -0.25) is 4.55 Å². The van der Waals surface area contributed by atoms with Crippen molar-refractivity contribution in [1.29, 1.82) is 0 Å². The van der Waals surface area contributed by atoms with Gasteiger partial charge in [0.05, 0.1) is 39.5 Å². The highest BCUT2D eigenvalue weighted by molar-refractivity contribution is 7.85. The highest BCUT2D eigenvalue weighted by atomic mass is 32.2. The third-order valence-electron chi connectivity index (χ3n) is 2.66. The molecule has 0 aromatic carbocycles. The van der Waals surface area contributed by atoms with Crippen molar-refractivity contribution in [2.75, 3.05) is 39.5 Å². The van der Waals surface area contributed by atoms with Crippen LogP contribution in [0.5, 0.6) is 0 Å². The molecule has 20 heavy (non-hydrogen) atoms. The molecule has 0 spiro atoms. The number of carbonyl (C=O) groups excluding carboxylic acids is 1. The van der Waals surface area contributed by atoms with Gasteiger partial charge in [-0.2, -0.15) is 8.42 Å². The Hall–Kier alpha value is -0.960. The third-order valence-corrected chi connectivity index (χ3v) is 3.46. The summed E-state index contributed by atoms with van der Waals surface area (Å²) in [7, 11) is 0.0442. The number of rotatable bonds is 9. The highest BCUT2D eigenvalue weighted by Crippen LogP contribution is 2.03. The van der Waals surface area contributed by atoms with Crippen LogP contribution in [-0.2, 0) is 19.6 Å². The minimum atomic E-state index is -3.88. The maximum atomic E-state index is 11.1. The van der Waals surface area contributed by atoms with Crippen LogP contribution in [-0.4, -0.2) is 68.4 Å². The van der Waals surface area contributed by atoms with E-state index in [0.717, 1.165) is 6.54 Å². The summed E-state index contributed by atoms with van der Waals surface area (Å²) in [6.45, 7) is 6.80. The highest BCUT2D eigenvalue weighted by Gasteiger charge is 2.16. The quantitative estimate of drug-likeness (QED) is 0.220. The zero-order valence-corrected chi connectivity index (χ0v) is 13.1. The predicted octanol–water partition coefficient (Wildman–Crippen LogP) is 0.673. The normalized spacial score (nSPS) is 11.6. The topological polar surface area (TPSA) is 111 Å². The van der Waals surface area contributed by atoms with E-state index in [9.17, 15) is 13.2 Å². The number of hydrogen-bond donors (Lipinski definition) is 1. The molecule has 0 saturated carbocycles. The Morgan fingerprint density at radius 1 is 1.25 bits per heavy atom. The second-order valence-corrected chi connectivity index (χ2v) is 6.86. The maximum absolute atomic E-state index is 11.1. The van der Waals surface area contributed by atoms with Crippen LogP contribution in [0.25, 0.3) is 0 Å². The first-order valence-electron chi connectivity index (χ1n) is 6.13. The summed E-state index contributed by atoms with van der Waals surface area (Å²) in [6, 6.07) is 0. The van der Waals surface area contributed by atoms with E-state index < -0.39 is 16.1 Å². The Morgan fingerprint density at radius 2 is 1.75 bits per heavy atom. The van der Waals surface area contributed by atoms with Crippen LogP contribution in [0, 0.1) is 0 Å². The minimum Gasteiger partial charge on any atom is -0.870 e. The Bertz CT molecular complexity index is 416. The third kappa shape index (κ3) is 12.1. The van der Waals surface area contributed by atoms with E-state index in [4.69, 9.17) is 9.29 Å². The molecule has 0 heterocycles. The fourth-order valence-electron chi connectivity index (χ4n) is 1.57. The summed E-state index contributed by atoms with van der Waals surface area (Å²) >= 11 is 0. The van der Waals surface area contributed by atoms with Crippen LogP contribution in [0.15, 0.2) is 12.2 Å². The molecule has 0 aliphatic rings. The first kappa shape index (κ1) is 21.3. The van der Waals surface area contributed by atoms with Crippen molar-refractivity contribution in [1.82, 2.24) is 0 Å². The molecular weight excluding hydrogens is 286 g/mol. The predicted molar refractivity (Wildman–Crippen MR) is 75.2 cm³/mol. The number of carbonyl (C=O) groups is 1. The van der Waals surface area contributed by atoms with Crippen LogP contribution in [0.4, 0.5) is 0 Å². The molecule has 120 valence electrons. The number of esters is 1. The van der Waals surface area contributed by atoms with Crippen LogP contribution >= 0.6 is 0 Å². The van der Waals surface area contributed by atoms with Crippen molar-refractivity contribution in [2.45, 2.75) is 19.8 Å². The molecule has 0 unspecified atom stereocenters. The zero-order chi connectivity index (χ0) is 15.1. The Kier molecular flexibility index (Phi) is 9.67. The lowest BCUT2D eigenvalue weighted by atomic mass is 10.3. The van der Waals surface area contributed by atoms with Crippen molar-refractivity contribution in [3.05, 3.63) is 12.2 Å². The van der Waals surface area contributed by atoms with Crippen molar-refractivity contribution >= 4 is 16.1 Å². The van der Waals surface area contributed by atoms with Gasteiger partial charge in [-0.1, -0.05) is 6.58 Å². The first-order chi connectivity index (χ1) is 8.53. The van der Waals surface area contributed by atoms with E-state index in [1.54, 1.807) is 6.92 Å². The standard InChI is InChI=1S/C12H23NO5S.H2O/c1-11(2)12(14)18-9-5-7-13(3,4)8-6-10-19(15,16)17;/h1,5-10H2,2-4H3;1H2. The van der Waals surface area contributed by atoms with Gasteiger partial charge in [0.2, 0.25) is 0 Å². The SMILES string of the molecule is C=C(C)C(=O)OCCC[N+](C)(C)CCCS(=O)(=O)O.[OH-]. The molecule has 0 aliphatic carbocycles. The molecule has 0 rings (SSSR count). The molecule has 0 aromatic rings. The summed E-state index contributed by atoms with van der Waals surface area (Å²) in [5.74, 6) is -0.615. The van der Waals surface area contributed by atoms with E-state index in [1.165, 1.54) is 0 Å². The van der Waals surface area contributed by atoms with Gasteiger partial charge in [0.25, 0.3) is 10.1 Å². The van der Waals surface area contributed by atoms with Gasteiger partial charge in [0, 0.05) is 18.4 Å². The van der Waals surface area contributed by atoms with Gasteiger partial charge < -0.3 is 14.7 Å². The number of nitrogens with zero attached hydrogens (tertiary/aromatic N) is 1. The minimum absolute atomic E-state index is 0. The monoisotopic (exact) mass is 311 g/mol. The van der Waals surface area contributed by atoms with Gasteiger partial charge in [-0.05, 0) is 6.92 Å². The van der Waals surface area contributed by atoms with E-state index >= 15 is 0 Å². The second kappa shape index (κ2) is 9.06. The molecule has 0 atom stereocenters. The first-order valence-corrected chi connectivity index (χ1v) is 7.74. The molecule has 8 heteroatoms. The molecule has 0 aliphatic heterocycles. The molecule has 0 radical (unpaired) electrons. The Labute approximate surface area is 120 Å². The Morgan fingerprint density at radius 3 is 2.20 bits per heavy atom. The second-order valence-electron chi connectivity index (χ2n) is 5.29. The maximum Gasteiger partial charge on any atom is 0.333 e. The number of ether oxygens (including phenoxy) is 1. The van der Waals surface area contributed by atoms with E-state index in [2.05, 4.69) is 6.58 Å². The Balaban J connectivity index is 0. The zero-order valence-electron chi connectivity index (χ0n) is 12.3. The van der Waals surface area contributed by atoms with Gasteiger partial charge in [-0.25, -0.2) is 4.79 Å². The van der Waals surface area contributed by atoms with Crippen LogP contribution < -0.4 is 0 Å². The van der Waals surface area contributed by atoms with Gasteiger partial charge in [0.1, 0.15) is 0 Å². The molecular formula is C12H25NO6S. The van der Waals surface area contributed by atoms with E-state index in [1.807, 2.05) is 14.1 Å². The van der Waals surface area contributed by atoms with Crippen LogP contribution in [0.1, 0.15) is 19.8 Å². The molecule has 0 fully saturated rings. The summed E-state index contributed by atoms with van der Waals surface area (Å²) in [4.78, 5) is 11.1. The van der Waals surface area contributed by atoms with E-state index in [0.29, 0.717) is 36.0 Å². The average molecular weight is 311 g/mol. The average Bonchev–Trinajstić information content (AvgIpc) is 2.21. The summed E-state index contributed by atoms with van der Waals surface area (Å²) in [6.07, 6.45) is 1.09. The molecule has 2 N–H and O–H groups in total. The van der Waals surface area contributed by atoms with Gasteiger partial charge >= 0.3 is 5.97 Å². The molecule has 7 nitrogen and oxygen atoms in total. The van der Waals surface area contributed by atoms with Gasteiger partial charge in [0.15, 0.2) is 0 Å². The summed E-state index contributed by atoms with van der Waals surface area (Å²) in [5, 5.41) is 0. The molecule has 0 amide bonds. The van der Waals surface area contributed by atoms with Crippen molar-refractivity contribution in [2.24, 2.45) is 0 Å². The lowest BCUT2D eigenvalue weighted by molar-refractivity contribution is -0.890.